The summed E-state index contributed by atoms with van der Waals surface area (Å²) in [7, 11) is 0. The van der Waals surface area contributed by atoms with E-state index < -0.39 is 36.4 Å². The van der Waals surface area contributed by atoms with Gasteiger partial charge in [0.15, 0.2) is 5.83 Å². The van der Waals surface area contributed by atoms with Gasteiger partial charge in [0, 0.05) is 38.3 Å². The van der Waals surface area contributed by atoms with Gasteiger partial charge in [0.05, 0.1) is 6.61 Å². The number of carbonyl (C=O) groups is 1. The Morgan fingerprint density at radius 2 is 1.65 bits per heavy atom. The zero-order valence-corrected chi connectivity index (χ0v) is 15.4. The van der Waals surface area contributed by atoms with Gasteiger partial charge in [0.25, 0.3) is 0 Å². The van der Waals surface area contributed by atoms with Crippen LogP contribution in [-0.4, -0.2) is 49.2 Å². The maximum absolute atomic E-state index is 12.8. The molecule has 2 rings (SSSR count). The van der Waals surface area contributed by atoms with Gasteiger partial charge in [0.2, 0.25) is 0 Å². The number of piperazine rings is 1. The van der Waals surface area contributed by atoms with E-state index in [0.717, 1.165) is 18.8 Å². The smallest absolute Gasteiger partial charge is 0.325 e. The second-order valence-electron chi connectivity index (χ2n) is 6.92. The Bertz CT molecular complexity index is 647. The lowest BCUT2D eigenvalue weighted by Gasteiger charge is -2.43. The molecule has 144 valence electrons. The summed E-state index contributed by atoms with van der Waals surface area (Å²) in [4.78, 5) is 16.6. The molecule has 1 fully saturated rings. The number of aryl methyl sites for hydroxylation is 1. The number of esters is 1. The first-order chi connectivity index (χ1) is 12.2. The molecule has 0 atom stereocenters. The average Bonchev–Trinajstić information content (AvgIpc) is 2.62. The third-order valence-electron chi connectivity index (χ3n) is 4.73. The van der Waals surface area contributed by atoms with Crippen molar-refractivity contribution in [3.05, 3.63) is 41.7 Å². The van der Waals surface area contributed by atoms with Gasteiger partial charge in [-0.05, 0) is 32.9 Å². The average molecular weight is 370 g/mol. The molecule has 1 aliphatic rings. The van der Waals surface area contributed by atoms with Crippen molar-refractivity contribution in [2.45, 2.75) is 32.7 Å². The highest BCUT2D eigenvalue weighted by Crippen LogP contribution is 2.23. The van der Waals surface area contributed by atoms with Crippen molar-refractivity contribution in [2.24, 2.45) is 0 Å². The van der Waals surface area contributed by atoms with E-state index in [4.69, 9.17) is 4.74 Å². The van der Waals surface area contributed by atoms with Crippen LogP contribution in [0.2, 0.25) is 0 Å². The fourth-order valence-corrected chi connectivity index (χ4v) is 2.91. The van der Waals surface area contributed by atoms with Crippen LogP contribution in [0.15, 0.2) is 36.2 Å². The van der Waals surface area contributed by atoms with E-state index in [0.29, 0.717) is 13.1 Å². The zero-order chi connectivity index (χ0) is 19.3. The molecule has 0 aliphatic carbocycles. The van der Waals surface area contributed by atoms with Crippen molar-refractivity contribution < 1.29 is 22.7 Å². The van der Waals surface area contributed by atoms with Crippen molar-refractivity contribution >= 4 is 11.7 Å². The van der Waals surface area contributed by atoms with Gasteiger partial charge < -0.3 is 9.64 Å². The van der Waals surface area contributed by atoms with Crippen LogP contribution in [0.3, 0.4) is 0 Å². The summed E-state index contributed by atoms with van der Waals surface area (Å²) in [5.41, 5.74) is 1.45. The van der Waals surface area contributed by atoms with Gasteiger partial charge in [-0.1, -0.05) is 17.7 Å². The molecule has 0 saturated carbocycles. The van der Waals surface area contributed by atoms with Gasteiger partial charge in [-0.3, -0.25) is 9.69 Å². The van der Waals surface area contributed by atoms with Gasteiger partial charge in [-0.2, -0.15) is 8.78 Å². The first kappa shape index (κ1) is 20.3. The molecule has 0 N–H and O–H groups in total. The lowest BCUT2D eigenvalue weighted by molar-refractivity contribution is -0.156. The van der Waals surface area contributed by atoms with Gasteiger partial charge >= 0.3 is 12.0 Å². The van der Waals surface area contributed by atoms with Crippen LogP contribution in [0, 0.1) is 6.92 Å². The molecule has 1 heterocycles. The number of halogens is 3. The Morgan fingerprint density at radius 1 is 1.08 bits per heavy atom. The Labute approximate surface area is 152 Å². The molecule has 0 radical (unpaired) electrons. The molecule has 1 aromatic carbocycles. The second-order valence-corrected chi connectivity index (χ2v) is 6.92. The molecule has 1 aliphatic heterocycles. The minimum Gasteiger partial charge on any atom is -0.464 e. The van der Waals surface area contributed by atoms with Crippen molar-refractivity contribution in [1.82, 2.24) is 4.90 Å². The number of hydrogen-bond acceptors (Lipinski definition) is 4. The van der Waals surface area contributed by atoms with Crippen molar-refractivity contribution in [3.8, 4) is 0 Å². The minimum absolute atomic E-state index is 0.394. The summed E-state index contributed by atoms with van der Waals surface area (Å²) >= 11 is 0. The van der Waals surface area contributed by atoms with Crippen LogP contribution in [-0.2, 0) is 9.53 Å². The molecule has 26 heavy (non-hydrogen) atoms. The minimum atomic E-state index is -2.37. The van der Waals surface area contributed by atoms with Crippen LogP contribution >= 0.6 is 0 Å². The quantitative estimate of drug-likeness (QED) is 0.711. The highest BCUT2D eigenvalue weighted by molar-refractivity contribution is 5.79. The Kier molecular flexibility index (Phi) is 6.69. The van der Waals surface area contributed by atoms with Crippen LogP contribution < -0.4 is 4.90 Å². The van der Waals surface area contributed by atoms with Crippen LogP contribution in [0.1, 0.15) is 25.8 Å². The number of benzene rings is 1. The number of carbonyl (C=O) groups excluding carboxylic acids is 1. The molecule has 0 unspecified atom stereocenters. The monoisotopic (exact) mass is 370 g/mol. The predicted octanol–water partition coefficient (Wildman–Crippen LogP) is 3.91. The molecule has 0 aromatic heterocycles. The standard InChI is InChI=1S/C19H25F3N2O2/c1-14-4-6-15(7-5-14)23-9-11-24(12-10-23)19(2,3)18(25)26-13-8-16(20)17(21)22/h4-7H,8-13H2,1-3H3. The fraction of sp³-hybridized carbons (Fsp3) is 0.526. The van der Waals surface area contributed by atoms with Crippen molar-refractivity contribution in [3.63, 3.8) is 0 Å². The molecule has 0 amide bonds. The normalized spacial score (nSPS) is 15.7. The van der Waals surface area contributed by atoms with Gasteiger partial charge in [-0.15, -0.1) is 0 Å². The van der Waals surface area contributed by atoms with Crippen LogP contribution in [0.4, 0.5) is 18.9 Å². The maximum Gasteiger partial charge on any atom is 0.325 e. The molecule has 0 spiro atoms. The second kappa shape index (κ2) is 8.58. The van der Waals surface area contributed by atoms with E-state index >= 15 is 0 Å². The van der Waals surface area contributed by atoms with E-state index in [1.54, 1.807) is 13.8 Å². The number of anilines is 1. The number of nitrogens with zero attached hydrogens (tertiary/aromatic N) is 2. The summed E-state index contributed by atoms with van der Waals surface area (Å²) < 4.78 is 41.8. The summed E-state index contributed by atoms with van der Waals surface area (Å²) in [6, 6.07) is 8.29. The molecule has 1 saturated heterocycles. The first-order valence-corrected chi connectivity index (χ1v) is 8.65. The van der Waals surface area contributed by atoms with E-state index in [2.05, 4.69) is 29.2 Å². The third-order valence-corrected chi connectivity index (χ3v) is 4.73. The van der Waals surface area contributed by atoms with E-state index in [-0.39, 0.29) is 0 Å². The number of ether oxygens (including phenoxy) is 1. The van der Waals surface area contributed by atoms with Crippen molar-refractivity contribution in [2.75, 3.05) is 37.7 Å². The Morgan fingerprint density at radius 3 is 2.19 bits per heavy atom. The van der Waals surface area contributed by atoms with E-state index in [1.807, 2.05) is 11.8 Å². The number of rotatable bonds is 6. The van der Waals surface area contributed by atoms with Crippen molar-refractivity contribution in [1.29, 1.82) is 0 Å². The Hall–Kier alpha value is -2.02. The molecule has 7 heteroatoms. The molecule has 1 aromatic rings. The highest BCUT2D eigenvalue weighted by atomic mass is 19.3. The first-order valence-electron chi connectivity index (χ1n) is 8.65. The largest absolute Gasteiger partial charge is 0.464 e. The summed E-state index contributed by atoms with van der Waals surface area (Å²) in [6.45, 7) is 7.99. The summed E-state index contributed by atoms with van der Waals surface area (Å²) in [6.07, 6.45) is -2.97. The van der Waals surface area contributed by atoms with Crippen LogP contribution in [0.25, 0.3) is 0 Å². The number of hydrogen-bond donors (Lipinski definition) is 0. The van der Waals surface area contributed by atoms with Crippen LogP contribution in [0.5, 0.6) is 0 Å². The maximum atomic E-state index is 12.8. The zero-order valence-electron chi connectivity index (χ0n) is 15.4. The van der Waals surface area contributed by atoms with E-state index in [1.165, 1.54) is 5.56 Å². The molecular formula is C19H25F3N2O2. The summed E-state index contributed by atoms with van der Waals surface area (Å²) in [5.74, 6) is -2.07. The lowest BCUT2D eigenvalue weighted by Crippen LogP contribution is -2.58. The predicted molar refractivity (Wildman–Crippen MR) is 95.0 cm³/mol. The fourth-order valence-electron chi connectivity index (χ4n) is 2.91. The van der Waals surface area contributed by atoms with Gasteiger partial charge in [0.1, 0.15) is 5.54 Å². The molecule has 0 bridgehead atoms. The SMILES string of the molecule is Cc1ccc(N2CCN(C(C)(C)C(=O)OCCC(F)=C(F)F)CC2)cc1. The van der Waals surface area contributed by atoms with E-state index in [9.17, 15) is 18.0 Å². The molecule has 4 nitrogen and oxygen atoms in total. The third kappa shape index (κ3) is 5.00. The Balaban J connectivity index is 1.87. The lowest BCUT2D eigenvalue weighted by atomic mass is 10.0. The van der Waals surface area contributed by atoms with Gasteiger partial charge in [-0.25, -0.2) is 4.39 Å². The molecular weight excluding hydrogens is 345 g/mol. The summed E-state index contributed by atoms with van der Waals surface area (Å²) in [5, 5.41) is 0. The highest BCUT2D eigenvalue weighted by Gasteiger charge is 2.37. The topological polar surface area (TPSA) is 32.8 Å².